The van der Waals surface area contributed by atoms with Crippen LogP contribution in [-0.4, -0.2) is 37.3 Å². The van der Waals surface area contributed by atoms with Gasteiger partial charge in [-0.25, -0.2) is 0 Å². The second kappa shape index (κ2) is 9.09. The van der Waals surface area contributed by atoms with Crippen molar-refractivity contribution in [3.63, 3.8) is 0 Å². The molecule has 0 unspecified atom stereocenters. The third kappa shape index (κ3) is 6.72. The number of rotatable bonds is 8. The molecule has 0 saturated heterocycles. The van der Waals surface area contributed by atoms with Crippen LogP contribution in [0.5, 0.6) is 5.75 Å². The first-order valence-electron chi connectivity index (χ1n) is 8.20. The van der Waals surface area contributed by atoms with Crippen LogP contribution in [-0.2, 0) is 21.5 Å². The minimum atomic E-state index is -3.58. The first-order chi connectivity index (χ1) is 12.2. The monoisotopic (exact) mass is 393 g/mol. The Kier molecular flexibility index (Phi) is 7.11. The molecule has 7 heteroatoms. The molecule has 0 spiro atoms. The molecule has 140 valence electrons. The van der Waals surface area contributed by atoms with Crippen molar-refractivity contribution in [2.24, 2.45) is 0 Å². The van der Waals surface area contributed by atoms with Gasteiger partial charge in [0, 0.05) is 17.5 Å². The Morgan fingerprint density at radius 3 is 2.42 bits per heavy atom. The Balaban J connectivity index is 2.05. The highest BCUT2D eigenvalue weighted by molar-refractivity contribution is 8.00. The highest BCUT2D eigenvalue weighted by atomic mass is 32.2. The zero-order valence-electron chi connectivity index (χ0n) is 15.1. The fourth-order valence-electron chi connectivity index (χ4n) is 2.37. The van der Waals surface area contributed by atoms with Gasteiger partial charge in [0.15, 0.2) is 0 Å². The van der Waals surface area contributed by atoms with Gasteiger partial charge in [-0.15, -0.1) is 11.8 Å². The lowest BCUT2D eigenvalue weighted by molar-refractivity contribution is -0.130. The predicted molar refractivity (Wildman–Crippen MR) is 105 cm³/mol. The number of amides is 1. The molecule has 26 heavy (non-hydrogen) atoms. The standard InChI is InChI=1S/C19H23NO4S2/c1-15(2)20(19(21)14-25-18-10-5-4-6-11-18)13-16-8-7-9-17(12-16)24-26(3,22)23/h4-12,15H,13-14H2,1-3H3. The largest absolute Gasteiger partial charge is 0.383 e. The molecular weight excluding hydrogens is 370 g/mol. The van der Waals surface area contributed by atoms with Crippen molar-refractivity contribution in [2.45, 2.75) is 31.3 Å². The summed E-state index contributed by atoms with van der Waals surface area (Å²) in [5.74, 6) is 0.630. The summed E-state index contributed by atoms with van der Waals surface area (Å²) in [6, 6.07) is 16.6. The van der Waals surface area contributed by atoms with Crippen LogP contribution < -0.4 is 4.18 Å². The van der Waals surface area contributed by atoms with E-state index in [-0.39, 0.29) is 17.7 Å². The van der Waals surface area contributed by atoms with E-state index in [1.165, 1.54) is 11.8 Å². The topological polar surface area (TPSA) is 63.7 Å². The van der Waals surface area contributed by atoms with Gasteiger partial charge in [0.25, 0.3) is 0 Å². The minimum Gasteiger partial charge on any atom is -0.383 e. The number of thioether (sulfide) groups is 1. The van der Waals surface area contributed by atoms with E-state index in [0.29, 0.717) is 12.3 Å². The van der Waals surface area contributed by atoms with Gasteiger partial charge < -0.3 is 9.08 Å². The van der Waals surface area contributed by atoms with Gasteiger partial charge in [-0.2, -0.15) is 8.42 Å². The fraction of sp³-hybridized carbons (Fsp3) is 0.316. The van der Waals surface area contributed by atoms with E-state index < -0.39 is 10.1 Å². The SMILES string of the molecule is CC(C)N(Cc1cccc(OS(C)(=O)=O)c1)C(=O)CSc1ccccc1. The Bertz CT molecular complexity index is 836. The number of carbonyl (C=O) groups excluding carboxylic acids is 1. The normalized spacial score (nSPS) is 11.4. The number of benzene rings is 2. The molecule has 0 aliphatic heterocycles. The summed E-state index contributed by atoms with van der Waals surface area (Å²) in [7, 11) is -3.58. The molecule has 2 aromatic carbocycles. The second-order valence-corrected chi connectivity index (χ2v) is 8.78. The van der Waals surface area contributed by atoms with Gasteiger partial charge in [0.05, 0.1) is 12.0 Å². The summed E-state index contributed by atoms with van der Waals surface area (Å²) in [6.45, 7) is 4.32. The third-order valence-electron chi connectivity index (χ3n) is 3.55. The molecule has 0 radical (unpaired) electrons. The molecule has 2 aromatic rings. The van der Waals surface area contributed by atoms with Crippen LogP contribution >= 0.6 is 11.8 Å². The number of hydrogen-bond acceptors (Lipinski definition) is 5. The van der Waals surface area contributed by atoms with Crippen molar-refractivity contribution in [3.05, 3.63) is 60.2 Å². The van der Waals surface area contributed by atoms with Crippen molar-refractivity contribution in [1.29, 1.82) is 0 Å². The Labute approximate surface area is 159 Å². The van der Waals surface area contributed by atoms with Crippen LogP contribution in [0.4, 0.5) is 0 Å². The first-order valence-corrected chi connectivity index (χ1v) is 11.0. The van der Waals surface area contributed by atoms with E-state index in [1.54, 1.807) is 23.1 Å². The lowest BCUT2D eigenvalue weighted by Gasteiger charge is -2.27. The van der Waals surface area contributed by atoms with Gasteiger partial charge in [-0.3, -0.25) is 4.79 Å². The molecule has 0 bridgehead atoms. The maximum Gasteiger partial charge on any atom is 0.306 e. The molecule has 0 atom stereocenters. The number of hydrogen-bond donors (Lipinski definition) is 0. The summed E-state index contributed by atoms with van der Waals surface area (Å²) in [6.07, 6.45) is 1.00. The maximum absolute atomic E-state index is 12.7. The first kappa shape index (κ1) is 20.3. The van der Waals surface area contributed by atoms with Crippen LogP contribution in [0.2, 0.25) is 0 Å². The second-order valence-electron chi connectivity index (χ2n) is 6.15. The van der Waals surface area contributed by atoms with Crippen LogP contribution in [0.15, 0.2) is 59.5 Å². The lowest BCUT2D eigenvalue weighted by atomic mass is 10.2. The molecule has 0 N–H and O–H groups in total. The highest BCUT2D eigenvalue weighted by Crippen LogP contribution is 2.21. The average molecular weight is 394 g/mol. The maximum atomic E-state index is 12.7. The molecule has 0 aliphatic carbocycles. The lowest BCUT2D eigenvalue weighted by Crippen LogP contribution is -2.37. The van der Waals surface area contributed by atoms with Gasteiger partial charge in [0.1, 0.15) is 5.75 Å². The minimum absolute atomic E-state index is 0.0263. The van der Waals surface area contributed by atoms with Crippen molar-refractivity contribution < 1.29 is 17.4 Å². The quantitative estimate of drug-likeness (QED) is 0.507. The highest BCUT2D eigenvalue weighted by Gasteiger charge is 2.18. The zero-order valence-corrected chi connectivity index (χ0v) is 16.7. The summed E-state index contributed by atoms with van der Waals surface area (Å²) in [5, 5.41) is 0. The molecule has 0 aromatic heterocycles. The molecule has 0 saturated carbocycles. The predicted octanol–water partition coefficient (Wildman–Crippen LogP) is 3.55. The van der Waals surface area contributed by atoms with Gasteiger partial charge in [-0.1, -0.05) is 30.3 Å². The Morgan fingerprint density at radius 1 is 1.12 bits per heavy atom. The van der Waals surface area contributed by atoms with Crippen molar-refractivity contribution >= 4 is 27.8 Å². The van der Waals surface area contributed by atoms with Crippen LogP contribution in [0.3, 0.4) is 0 Å². The van der Waals surface area contributed by atoms with Crippen LogP contribution in [0.1, 0.15) is 19.4 Å². The molecule has 5 nitrogen and oxygen atoms in total. The van der Waals surface area contributed by atoms with Crippen LogP contribution in [0, 0.1) is 0 Å². The van der Waals surface area contributed by atoms with Crippen molar-refractivity contribution in [1.82, 2.24) is 4.90 Å². The molecule has 0 heterocycles. The molecule has 2 rings (SSSR count). The van der Waals surface area contributed by atoms with E-state index in [2.05, 4.69) is 0 Å². The molecule has 0 aliphatic rings. The van der Waals surface area contributed by atoms with Crippen molar-refractivity contribution in [2.75, 3.05) is 12.0 Å². The van der Waals surface area contributed by atoms with Crippen molar-refractivity contribution in [3.8, 4) is 5.75 Å². The smallest absolute Gasteiger partial charge is 0.306 e. The van der Waals surface area contributed by atoms with Gasteiger partial charge in [-0.05, 0) is 43.7 Å². The van der Waals surface area contributed by atoms with E-state index in [1.807, 2.05) is 50.2 Å². The third-order valence-corrected chi connectivity index (χ3v) is 5.04. The molecule has 0 fully saturated rings. The van der Waals surface area contributed by atoms with E-state index in [0.717, 1.165) is 16.7 Å². The molecular formula is C19H23NO4S2. The molecule has 1 amide bonds. The summed E-state index contributed by atoms with van der Waals surface area (Å²) < 4.78 is 27.5. The van der Waals surface area contributed by atoms with Gasteiger partial charge >= 0.3 is 10.1 Å². The van der Waals surface area contributed by atoms with Crippen LogP contribution in [0.25, 0.3) is 0 Å². The van der Waals surface area contributed by atoms with E-state index >= 15 is 0 Å². The summed E-state index contributed by atoms with van der Waals surface area (Å²) in [5.41, 5.74) is 0.818. The summed E-state index contributed by atoms with van der Waals surface area (Å²) in [4.78, 5) is 15.5. The van der Waals surface area contributed by atoms with E-state index in [4.69, 9.17) is 4.18 Å². The summed E-state index contributed by atoms with van der Waals surface area (Å²) >= 11 is 1.50. The number of carbonyl (C=O) groups is 1. The fourth-order valence-corrected chi connectivity index (χ4v) is 3.63. The Morgan fingerprint density at radius 2 is 1.81 bits per heavy atom. The zero-order chi connectivity index (χ0) is 19.2. The van der Waals surface area contributed by atoms with Gasteiger partial charge in [0.2, 0.25) is 5.91 Å². The number of nitrogens with zero attached hydrogens (tertiary/aromatic N) is 1. The Hall–Kier alpha value is -1.99. The van der Waals surface area contributed by atoms with E-state index in [9.17, 15) is 13.2 Å². The average Bonchev–Trinajstić information content (AvgIpc) is 2.57.